The summed E-state index contributed by atoms with van der Waals surface area (Å²) in [6.45, 7) is 0. The highest BCUT2D eigenvalue weighted by molar-refractivity contribution is 9.10. The average molecular weight is 401 g/mol. The van der Waals surface area contributed by atoms with Crippen LogP contribution in [0.4, 0.5) is 0 Å². The van der Waals surface area contributed by atoms with E-state index >= 15 is 0 Å². The number of fused-ring (bicyclic) bond motifs is 5. The molecule has 5 rings (SSSR count). The Morgan fingerprint density at radius 1 is 1.24 bits per heavy atom. The van der Waals surface area contributed by atoms with Crippen LogP contribution in [0, 0.1) is 17.8 Å². The van der Waals surface area contributed by atoms with Crippen molar-refractivity contribution in [2.45, 2.75) is 57.4 Å². The highest BCUT2D eigenvalue weighted by Gasteiger charge is 2.40. The highest BCUT2D eigenvalue weighted by atomic mass is 79.9. The second-order valence-electron chi connectivity index (χ2n) is 8.42. The molecule has 2 fully saturated rings. The van der Waals surface area contributed by atoms with E-state index in [0.717, 1.165) is 42.0 Å². The summed E-state index contributed by atoms with van der Waals surface area (Å²) < 4.78 is 1.12. The Morgan fingerprint density at radius 3 is 2.96 bits per heavy atom. The van der Waals surface area contributed by atoms with E-state index in [1.54, 1.807) is 0 Å². The van der Waals surface area contributed by atoms with Crippen molar-refractivity contribution in [3.05, 3.63) is 33.9 Å². The number of aromatic amines is 1. The minimum atomic E-state index is 0.284. The SMILES string of the molecule is O=C(C[C@H]1C[C@@H]2CC[C@H]1C2)N[C@H]1CCc2[nH]c3ccc(Br)cc3c2C1. The lowest BCUT2D eigenvalue weighted by molar-refractivity contribution is -0.123. The predicted molar refractivity (Wildman–Crippen MR) is 104 cm³/mol. The number of halogens is 1. The molecule has 2 saturated carbocycles. The third kappa shape index (κ3) is 2.92. The largest absolute Gasteiger partial charge is 0.358 e. The number of carbonyl (C=O) groups excluding carboxylic acids is 1. The fourth-order valence-corrected chi connectivity index (χ4v) is 6.02. The molecule has 0 spiro atoms. The summed E-state index contributed by atoms with van der Waals surface area (Å²) in [5.41, 5.74) is 3.96. The molecule has 1 heterocycles. The second-order valence-corrected chi connectivity index (χ2v) is 9.33. The van der Waals surface area contributed by atoms with Crippen molar-refractivity contribution in [1.82, 2.24) is 10.3 Å². The van der Waals surface area contributed by atoms with Gasteiger partial charge in [0.15, 0.2) is 0 Å². The molecule has 0 saturated heterocycles. The monoisotopic (exact) mass is 400 g/mol. The maximum Gasteiger partial charge on any atom is 0.220 e. The summed E-state index contributed by atoms with van der Waals surface area (Å²) >= 11 is 3.58. The van der Waals surface area contributed by atoms with Crippen molar-refractivity contribution in [2.24, 2.45) is 17.8 Å². The Kier molecular flexibility index (Phi) is 3.92. The van der Waals surface area contributed by atoms with Crippen LogP contribution < -0.4 is 5.32 Å². The molecule has 2 N–H and O–H groups in total. The number of rotatable bonds is 3. The molecule has 1 aromatic heterocycles. The molecule has 4 atom stereocenters. The fraction of sp³-hybridized carbons (Fsp3) is 0.571. The number of benzene rings is 1. The fourth-order valence-electron chi connectivity index (χ4n) is 5.66. The standard InChI is InChI=1S/C21H25BrN2O/c22-15-3-5-19-17(10-15)18-11-16(4-6-20(18)24-19)23-21(25)9-14-8-12-1-2-13(14)7-12/h3,5,10,12-14,16,24H,1-2,4,6-9,11H2,(H,23,25)/t12-,13+,14-,16+/m1/s1. The zero-order valence-corrected chi connectivity index (χ0v) is 16.1. The number of carbonyl (C=O) groups is 1. The number of hydrogen-bond donors (Lipinski definition) is 2. The summed E-state index contributed by atoms with van der Waals surface area (Å²) in [6.07, 6.45) is 9.23. The zero-order chi connectivity index (χ0) is 17.0. The first-order valence-electron chi connectivity index (χ1n) is 9.74. The summed E-state index contributed by atoms with van der Waals surface area (Å²) in [7, 11) is 0. The Labute approximate surface area is 157 Å². The van der Waals surface area contributed by atoms with Crippen molar-refractivity contribution in [3.8, 4) is 0 Å². The van der Waals surface area contributed by atoms with Gasteiger partial charge in [-0.3, -0.25) is 4.79 Å². The first-order valence-corrected chi connectivity index (χ1v) is 10.5. The van der Waals surface area contributed by atoms with Crippen molar-refractivity contribution >= 4 is 32.7 Å². The number of hydrogen-bond acceptors (Lipinski definition) is 1. The molecular weight excluding hydrogens is 376 g/mol. The lowest BCUT2D eigenvalue weighted by atomic mass is 9.86. The summed E-state index contributed by atoms with van der Waals surface area (Å²) in [5, 5.41) is 4.65. The second kappa shape index (κ2) is 6.15. The van der Waals surface area contributed by atoms with Crippen LogP contribution in [0.3, 0.4) is 0 Å². The van der Waals surface area contributed by atoms with Crippen molar-refractivity contribution in [1.29, 1.82) is 0 Å². The van der Waals surface area contributed by atoms with E-state index < -0.39 is 0 Å². The van der Waals surface area contributed by atoms with Crippen LogP contribution >= 0.6 is 15.9 Å². The number of amides is 1. The third-order valence-corrected chi connectivity index (χ3v) is 7.34. The van der Waals surface area contributed by atoms with Crippen LogP contribution in [-0.2, 0) is 17.6 Å². The Hall–Kier alpha value is -1.29. The minimum absolute atomic E-state index is 0.284. The first kappa shape index (κ1) is 15.9. The number of nitrogens with one attached hydrogen (secondary N) is 2. The number of aryl methyl sites for hydroxylation is 1. The van der Waals surface area contributed by atoms with Gasteiger partial charge in [0, 0.05) is 33.5 Å². The lowest BCUT2D eigenvalue weighted by Crippen LogP contribution is -2.39. The molecule has 3 aliphatic rings. The van der Waals surface area contributed by atoms with E-state index in [-0.39, 0.29) is 11.9 Å². The molecule has 4 heteroatoms. The molecule has 1 amide bonds. The van der Waals surface area contributed by atoms with Gasteiger partial charge >= 0.3 is 0 Å². The molecule has 3 aliphatic carbocycles. The van der Waals surface area contributed by atoms with Gasteiger partial charge in [0.2, 0.25) is 5.91 Å². The molecule has 0 unspecified atom stereocenters. The van der Waals surface area contributed by atoms with E-state index in [0.29, 0.717) is 5.92 Å². The van der Waals surface area contributed by atoms with Gasteiger partial charge < -0.3 is 10.3 Å². The minimum Gasteiger partial charge on any atom is -0.358 e. The van der Waals surface area contributed by atoms with Gasteiger partial charge in [0.05, 0.1) is 0 Å². The van der Waals surface area contributed by atoms with Crippen LogP contribution in [-0.4, -0.2) is 16.9 Å². The normalized spacial score (nSPS) is 30.6. The quantitative estimate of drug-likeness (QED) is 0.768. The van der Waals surface area contributed by atoms with Crippen molar-refractivity contribution in [3.63, 3.8) is 0 Å². The van der Waals surface area contributed by atoms with Gasteiger partial charge in [-0.2, -0.15) is 0 Å². The maximum atomic E-state index is 12.6. The van der Waals surface area contributed by atoms with E-state index in [4.69, 9.17) is 0 Å². The molecule has 25 heavy (non-hydrogen) atoms. The Balaban J connectivity index is 1.26. The van der Waals surface area contributed by atoms with E-state index in [1.165, 1.54) is 47.8 Å². The van der Waals surface area contributed by atoms with Gasteiger partial charge in [-0.05, 0) is 80.0 Å². The van der Waals surface area contributed by atoms with E-state index in [2.05, 4.69) is 44.4 Å². The smallest absolute Gasteiger partial charge is 0.220 e. The predicted octanol–water partition coefficient (Wildman–Crippen LogP) is 4.73. The summed E-state index contributed by atoms with van der Waals surface area (Å²) in [6, 6.07) is 6.71. The van der Waals surface area contributed by atoms with Crippen LogP contribution in [0.15, 0.2) is 22.7 Å². The average Bonchev–Trinajstić information content (AvgIpc) is 3.28. The first-order chi connectivity index (χ1) is 12.2. The topological polar surface area (TPSA) is 44.9 Å². The van der Waals surface area contributed by atoms with Crippen molar-refractivity contribution in [2.75, 3.05) is 0 Å². The molecule has 2 bridgehead atoms. The van der Waals surface area contributed by atoms with Gasteiger partial charge in [-0.1, -0.05) is 22.4 Å². The molecule has 2 aromatic rings. The van der Waals surface area contributed by atoms with Crippen LogP contribution in [0.2, 0.25) is 0 Å². The van der Waals surface area contributed by atoms with E-state index in [9.17, 15) is 4.79 Å². The van der Waals surface area contributed by atoms with Crippen LogP contribution in [0.25, 0.3) is 10.9 Å². The maximum absolute atomic E-state index is 12.6. The molecular formula is C21H25BrN2O. The molecule has 132 valence electrons. The van der Waals surface area contributed by atoms with Gasteiger partial charge in [-0.15, -0.1) is 0 Å². The Morgan fingerprint density at radius 2 is 2.16 bits per heavy atom. The molecule has 3 nitrogen and oxygen atoms in total. The van der Waals surface area contributed by atoms with Crippen molar-refractivity contribution < 1.29 is 4.79 Å². The Bertz CT molecular complexity index is 827. The van der Waals surface area contributed by atoms with Gasteiger partial charge in [0.1, 0.15) is 0 Å². The molecule has 1 aromatic carbocycles. The number of aromatic nitrogens is 1. The molecule has 0 radical (unpaired) electrons. The highest BCUT2D eigenvalue weighted by Crippen LogP contribution is 2.49. The van der Waals surface area contributed by atoms with Gasteiger partial charge in [-0.25, -0.2) is 0 Å². The van der Waals surface area contributed by atoms with Gasteiger partial charge in [0.25, 0.3) is 0 Å². The van der Waals surface area contributed by atoms with E-state index in [1.807, 2.05) is 0 Å². The van der Waals surface area contributed by atoms with Crippen LogP contribution in [0.1, 0.15) is 49.8 Å². The zero-order valence-electron chi connectivity index (χ0n) is 14.5. The number of H-pyrrole nitrogens is 1. The summed E-state index contributed by atoms with van der Waals surface area (Å²) in [4.78, 5) is 16.1. The van der Waals surface area contributed by atoms with Crippen LogP contribution in [0.5, 0.6) is 0 Å². The molecule has 0 aliphatic heterocycles. The summed E-state index contributed by atoms with van der Waals surface area (Å²) in [5.74, 6) is 2.69. The third-order valence-electron chi connectivity index (χ3n) is 6.85. The lowest BCUT2D eigenvalue weighted by Gasteiger charge is -2.26.